The fraction of sp³-hybridized carbons (Fsp3) is 0.500. The molecule has 0 amide bonds. The van der Waals surface area contributed by atoms with Gasteiger partial charge in [0.2, 0.25) is 0 Å². The zero-order valence-electron chi connectivity index (χ0n) is 13.2. The fourth-order valence-electron chi connectivity index (χ4n) is 2.68. The van der Waals surface area contributed by atoms with Crippen LogP contribution in [0.1, 0.15) is 36.7 Å². The van der Waals surface area contributed by atoms with Gasteiger partial charge in [0, 0.05) is 11.4 Å². The van der Waals surface area contributed by atoms with Crippen molar-refractivity contribution in [2.24, 2.45) is 0 Å². The molecule has 2 aromatic rings. The molecule has 23 heavy (non-hydrogen) atoms. The van der Waals surface area contributed by atoms with Crippen LogP contribution in [-0.4, -0.2) is 31.9 Å². The highest BCUT2D eigenvalue weighted by Gasteiger charge is 2.13. The summed E-state index contributed by atoms with van der Waals surface area (Å²) in [6.07, 6.45) is 4.49. The first-order chi connectivity index (χ1) is 11.3. The lowest BCUT2D eigenvalue weighted by molar-refractivity contribution is -0.142. The van der Waals surface area contributed by atoms with Gasteiger partial charge >= 0.3 is 5.97 Å². The molecule has 0 fully saturated rings. The van der Waals surface area contributed by atoms with Crippen LogP contribution in [0.5, 0.6) is 0 Å². The van der Waals surface area contributed by atoms with Crippen molar-refractivity contribution in [3.05, 3.63) is 35.2 Å². The SMILES string of the molecule is CCCn1nnnc1COC(=O)CSc1ccc2c(c1)CCC2. The third-order valence-corrected chi connectivity index (χ3v) is 4.80. The van der Waals surface area contributed by atoms with Crippen molar-refractivity contribution < 1.29 is 9.53 Å². The molecule has 0 radical (unpaired) electrons. The summed E-state index contributed by atoms with van der Waals surface area (Å²) in [5.41, 5.74) is 2.86. The molecule has 1 heterocycles. The number of esters is 1. The van der Waals surface area contributed by atoms with Crippen LogP contribution in [0, 0.1) is 0 Å². The van der Waals surface area contributed by atoms with E-state index in [1.54, 1.807) is 4.68 Å². The van der Waals surface area contributed by atoms with Crippen LogP contribution >= 0.6 is 11.8 Å². The van der Waals surface area contributed by atoms with E-state index in [-0.39, 0.29) is 12.6 Å². The van der Waals surface area contributed by atoms with Crippen molar-refractivity contribution in [1.82, 2.24) is 20.2 Å². The zero-order chi connectivity index (χ0) is 16.1. The number of aromatic nitrogens is 4. The molecule has 0 N–H and O–H groups in total. The van der Waals surface area contributed by atoms with Crippen molar-refractivity contribution in [3.63, 3.8) is 0 Å². The minimum absolute atomic E-state index is 0.122. The third kappa shape index (κ3) is 4.10. The average Bonchev–Trinajstić information content (AvgIpc) is 3.19. The first-order valence-corrected chi connectivity index (χ1v) is 8.90. The highest BCUT2D eigenvalue weighted by Crippen LogP contribution is 2.27. The van der Waals surface area contributed by atoms with Gasteiger partial charge < -0.3 is 4.74 Å². The van der Waals surface area contributed by atoms with Crippen LogP contribution in [0.15, 0.2) is 23.1 Å². The number of benzene rings is 1. The molecule has 0 spiro atoms. The van der Waals surface area contributed by atoms with Gasteiger partial charge in [-0.05, 0) is 59.4 Å². The third-order valence-electron chi connectivity index (χ3n) is 3.83. The van der Waals surface area contributed by atoms with Gasteiger partial charge in [0.1, 0.15) is 0 Å². The van der Waals surface area contributed by atoms with E-state index < -0.39 is 0 Å². The first-order valence-electron chi connectivity index (χ1n) is 7.91. The summed E-state index contributed by atoms with van der Waals surface area (Å²) in [5.74, 6) is 0.637. The van der Waals surface area contributed by atoms with Crippen LogP contribution in [0.2, 0.25) is 0 Å². The molecule has 1 aliphatic carbocycles. The topological polar surface area (TPSA) is 69.9 Å². The van der Waals surface area contributed by atoms with Crippen LogP contribution in [-0.2, 0) is 35.5 Å². The predicted octanol–water partition coefficient (Wildman–Crippen LogP) is 2.41. The molecular formula is C16H20N4O2S. The Hall–Kier alpha value is -1.89. The number of hydrogen-bond acceptors (Lipinski definition) is 6. The van der Waals surface area contributed by atoms with Gasteiger partial charge in [0.25, 0.3) is 0 Å². The van der Waals surface area contributed by atoms with Crippen molar-refractivity contribution in [2.45, 2.75) is 50.7 Å². The second kappa shape index (κ2) is 7.59. The Kier molecular flexibility index (Phi) is 5.27. The smallest absolute Gasteiger partial charge is 0.316 e. The average molecular weight is 332 g/mol. The summed E-state index contributed by atoms with van der Waals surface area (Å²) in [5, 5.41) is 11.4. The lowest BCUT2D eigenvalue weighted by Gasteiger charge is -2.06. The maximum absolute atomic E-state index is 11.9. The normalized spacial score (nSPS) is 13.1. The molecule has 0 bridgehead atoms. The Morgan fingerprint density at radius 3 is 3.09 bits per heavy atom. The Labute approximate surface area is 139 Å². The predicted molar refractivity (Wildman–Crippen MR) is 87.1 cm³/mol. The zero-order valence-corrected chi connectivity index (χ0v) is 14.0. The Balaban J connectivity index is 1.47. The van der Waals surface area contributed by atoms with Crippen LogP contribution in [0.3, 0.4) is 0 Å². The lowest BCUT2D eigenvalue weighted by Crippen LogP contribution is -2.12. The number of rotatable bonds is 7. The molecule has 6 nitrogen and oxygen atoms in total. The summed E-state index contributed by atoms with van der Waals surface area (Å²) >= 11 is 1.51. The van der Waals surface area contributed by atoms with Gasteiger partial charge in [-0.15, -0.1) is 16.9 Å². The molecule has 3 rings (SSSR count). The van der Waals surface area contributed by atoms with Crippen LogP contribution < -0.4 is 0 Å². The van der Waals surface area contributed by atoms with Crippen molar-refractivity contribution >= 4 is 17.7 Å². The summed E-state index contributed by atoms with van der Waals surface area (Å²) in [7, 11) is 0. The molecule has 1 aliphatic rings. The number of carbonyl (C=O) groups excluding carboxylic acids is 1. The number of fused-ring (bicyclic) bond motifs is 1. The molecule has 7 heteroatoms. The molecule has 1 aromatic heterocycles. The second-order valence-electron chi connectivity index (χ2n) is 5.55. The number of thioether (sulfide) groups is 1. The second-order valence-corrected chi connectivity index (χ2v) is 6.60. The molecular weight excluding hydrogens is 312 g/mol. The van der Waals surface area contributed by atoms with Crippen LogP contribution in [0.4, 0.5) is 0 Å². The Morgan fingerprint density at radius 2 is 2.22 bits per heavy atom. The van der Waals surface area contributed by atoms with Gasteiger partial charge in [-0.3, -0.25) is 4.79 Å². The molecule has 0 unspecified atom stereocenters. The van der Waals surface area contributed by atoms with Gasteiger partial charge in [-0.1, -0.05) is 13.0 Å². The summed E-state index contributed by atoms with van der Waals surface area (Å²) in [6.45, 7) is 2.89. The Bertz CT molecular complexity index is 686. The summed E-state index contributed by atoms with van der Waals surface area (Å²) < 4.78 is 6.93. The quantitative estimate of drug-likeness (QED) is 0.573. The van der Waals surface area contributed by atoms with Gasteiger partial charge in [-0.25, -0.2) is 4.68 Å². The van der Waals surface area contributed by atoms with E-state index in [1.807, 2.05) is 6.92 Å². The van der Waals surface area contributed by atoms with Gasteiger partial charge in [0.15, 0.2) is 12.4 Å². The standard InChI is InChI=1S/C16H20N4O2S/c1-2-8-20-15(17-18-19-20)10-22-16(21)11-23-14-7-6-12-4-3-5-13(12)9-14/h6-7,9H,2-5,8,10-11H2,1H3. The van der Waals surface area contributed by atoms with E-state index in [0.717, 1.165) is 24.3 Å². The molecule has 122 valence electrons. The highest BCUT2D eigenvalue weighted by atomic mass is 32.2. The number of tetrazole rings is 1. The monoisotopic (exact) mass is 332 g/mol. The van der Waals surface area contributed by atoms with E-state index in [9.17, 15) is 4.79 Å². The number of ether oxygens (including phenoxy) is 1. The molecule has 0 saturated heterocycles. The minimum Gasteiger partial charge on any atom is -0.457 e. The first kappa shape index (κ1) is 16.0. The van der Waals surface area contributed by atoms with E-state index in [2.05, 4.69) is 33.7 Å². The van der Waals surface area contributed by atoms with Crippen molar-refractivity contribution in [1.29, 1.82) is 0 Å². The fourth-order valence-corrected chi connectivity index (χ4v) is 3.44. The molecule has 0 atom stereocenters. The number of carbonyl (C=O) groups is 1. The highest BCUT2D eigenvalue weighted by molar-refractivity contribution is 8.00. The summed E-state index contributed by atoms with van der Waals surface area (Å²) in [4.78, 5) is 13.0. The lowest BCUT2D eigenvalue weighted by atomic mass is 10.1. The molecule has 1 aromatic carbocycles. The molecule has 0 aliphatic heterocycles. The summed E-state index contributed by atoms with van der Waals surface area (Å²) in [6, 6.07) is 6.46. The van der Waals surface area contributed by atoms with E-state index in [0.29, 0.717) is 11.6 Å². The van der Waals surface area contributed by atoms with E-state index >= 15 is 0 Å². The number of hydrogen-bond donors (Lipinski definition) is 0. The Morgan fingerprint density at radius 1 is 1.35 bits per heavy atom. The van der Waals surface area contributed by atoms with Crippen molar-refractivity contribution in [3.8, 4) is 0 Å². The minimum atomic E-state index is -0.249. The van der Waals surface area contributed by atoms with Crippen molar-refractivity contribution in [2.75, 3.05) is 5.75 Å². The van der Waals surface area contributed by atoms with E-state index in [4.69, 9.17) is 4.74 Å². The maximum Gasteiger partial charge on any atom is 0.316 e. The number of aryl methyl sites for hydroxylation is 3. The largest absolute Gasteiger partial charge is 0.457 e. The van der Waals surface area contributed by atoms with Crippen LogP contribution in [0.25, 0.3) is 0 Å². The number of nitrogens with zero attached hydrogens (tertiary/aromatic N) is 4. The van der Waals surface area contributed by atoms with Gasteiger partial charge in [0.05, 0.1) is 5.75 Å². The maximum atomic E-state index is 11.9. The molecule has 0 saturated carbocycles. The van der Waals surface area contributed by atoms with E-state index in [1.165, 1.54) is 35.7 Å². The van der Waals surface area contributed by atoms with Gasteiger partial charge in [-0.2, -0.15) is 0 Å².